The Kier molecular flexibility index (Phi) is 13.6. The molecule has 2 aromatic heterocycles. The predicted molar refractivity (Wildman–Crippen MR) is 232 cm³/mol. The number of rotatable bonds is 12. The number of carbonyl (C=O) groups excluding carboxylic acids is 2. The summed E-state index contributed by atoms with van der Waals surface area (Å²) >= 11 is 0. The molecule has 2 amide bonds. The molecule has 0 unspecified atom stereocenters. The van der Waals surface area contributed by atoms with Crippen molar-refractivity contribution in [1.82, 2.24) is 10.3 Å². The van der Waals surface area contributed by atoms with E-state index in [1.807, 2.05) is 12.1 Å². The number of amides is 2. The van der Waals surface area contributed by atoms with Gasteiger partial charge in [-0.3, -0.25) is 19.0 Å². The number of hydrogen-bond donors (Lipinski definition) is 2. The fraction of sp³-hybridized carbons (Fsp3) is 0.100. The van der Waals surface area contributed by atoms with E-state index in [2.05, 4.69) is 51.0 Å². The van der Waals surface area contributed by atoms with E-state index >= 15 is 0 Å². The Hall–Kier alpha value is -7.46. The van der Waals surface area contributed by atoms with Crippen LogP contribution in [0.2, 0.25) is 0 Å². The predicted octanol–water partition coefficient (Wildman–Crippen LogP) is 7.13. The number of sulfonamides is 2. The summed E-state index contributed by atoms with van der Waals surface area (Å²) in [6, 6.07) is 32.3. The zero-order chi connectivity index (χ0) is 44.0. The van der Waals surface area contributed by atoms with Crippen LogP contribution in [-0.4, -0.2) is 61.8 Å². The number of carbonyl (C=O) groups is 2. The molecule has 325 valence electrons. The van der Waals surface area contributed by atoms with Gasteiger partial charge in [0.1, 0.15) is 22.9 Å². The average molecular weight is 938 g/mol. The third-order valence-corrected chi connectivity index (χ3v) is 11.3. The van der Waals surface area contributed by atoms with E-state index in [-0.39, 0.29) is 49.9 Å². The SMILES string of the molecule is CC1=NN(c2ccccc2)C(=O)/C1=N/[N-]c1ccc(S(=O)(=O)Nc2cc(C)on2)cc1.CC1=NN(c2ccccc2)C(=O)/C1=N\[N-]c1ccc(S(=O)(=O)Nc2cc(C)on2)cc1.[Cu+2]. The van der Waals surface area contributed by atoms with Crippen molar-refractivity contribution < 1.29 is 52.5 Å². The maximum atomic E-state index is 12.6. The summed E-state index contributed by atoms with van der Waals surface area (Å²) in [4.78, 5) is 25.3. The molecule has 8 rings (SSSR count). The third-order valence-electron chi connectivity index (χ3n) is 8.54. The molecule has 4 aromatic carbocycles. The second-order valence-corrected chi connectivity index (χ2v) is 16.6. The smallest absolute Gasteiger partial charge is 0.575 e. The Balaban J connectivity index is 0.000000206. The van der Waals surface area contributed by atoms with Crippen molar-refractivity contribution in [3.05, 3.63) is 144 Å². The fourth-order valence-corrected chi connectivity index (χ4v) is 7.50. The molecule has 20 nitrogen and oxygen atoms in total. The van der Waals surface area contributed by atoms with Gasteiger partial charge in [-0.05, 0) is 76.2 Å². The molecule has 0 saturated heterocycles. The molecule has 23 heteroatoms. The first kappa shape index (κ1) is 45.1. The summed E-state index contributed by atoms with van der Waals surface area (Å²) in [5.74, 6) is 0.372. The van der Waals surface area contributed by atoms with Crippen LogP contribution in [0.5, 0.6) is 0 Å². The summed E-state index contributed by atoms with van der Waals surface area (Å²) in [6.45, 7) is 6.65. The van der Waals surface area contributed by atoms with Gasteiger partial charge >= 0.3 is 17.1 Å². The molecule has 0 saturated carbocycles. The number of hydrogen-bond acceptors (Lipinski definition) is 14. The monoisotopic (exact) mass is 937 g/mol. The van der Waals surface area contributed by atoms with Gasteiger partial charge in [0.15, 0.2) is 11.6 Å². The van der Waals surface area contributed by atoms with Crippen LogP contribution in [0, 0.1) is 13.8 Å². The third kappa shape index (κ3) is 10.7. The van der Waals surface area contributed by atoms with Gasteiger partial charge in [-0.2, -0.15) is 20.2 Å². The van der Waals surface area contributed by atoms with E-state index < -0.39 is 31.9 Å². The zero-order valence-corrected chi connectivity index (χ0v) is 36.0. The van der Waals surface area contributed by atoms with E-state index in [0.29, 0.717) is 45.7 Å². The van der Waals surface area contributed by atoms with Crippen molar-refractivity contribution >= 4 is 89.1 Å². The number of aromatic nitrogens is 2. The molecule has 0 atom stereocenters. The van der Waals surface area contributed by atoms with Gasteiger partial charge in [-0.25, -0.2) is 16.8 Å². The topological polar surface area (TPSA) is 263 Å². The molecular formula is C40H34CuN12O8S2. The second kappa shape index (κ2) is 19.1. The largest absolute Gasteiger partial charge is 2.00 e. The van der Waals surface area contributed by atoms with E-state index in [1.54, 1.807) is 76.2 Å². The van der Waals surface area contributed by atoms with Crippen LogP contribution in [-0.2, 0) is 46.7 Å². The first-order valence-corrected chi connectivity index (χ1v) is 21.2. The quantitative estimate of drug-likeness (QED) is 0.0926. The molecule has 0 aliphatic carbocycles. The fourth-order valence-electron chi connectivity index (χ4n) is 5.54. The molecule has 2 aliphatic heterocycles. The van der Waals surface area contributed by atoms with Gasteiger partial charge in [-0.15, -0.1) is 11.4 Å². The molecule has 0 bridgehead atoms. The van der Waals surface area contributed by atoms with Crippen LogP contribution in [0.1, 0.15) is 25.4 Å². The van der Waals surface area contributed by atoms with Crippen LogP contribution in [0.25, 0.3) is 10.9 Å². The van der Waals surface area contributed by atoms with Crippen LogP contribution in [0.3, 0.4) is 0 Å². The van der Waals surface area contributed by atoms with Crippen LogP contribution >= 0.6 is 0 Å². The van der Waals surface area contributed by atoms with Gasteiger partial charge in [0, 0.05) is 12.1 Å². The summed E-state index contributed by atoms with van der Waals surface area (Å²) in [5, 5.41) is 26.3. The van der Waals surface area contributed by atoms with E-state index in [4.69, 9.17) is 9.05 Å². The summed E-state index contributed by atoms with van der Waals surface area (Å²) < 4.78 is 64.1. The molecule has 0 fully saturated rings. The van der Waals surface area contributed by atoms with Gasteiger partial charge < -0.3 is 30.1 Å². The van der Waals surface area contributed by atoms with E-state index in [1.165, 1.54) is 70.7 Å². The number of aryl methyl sites for hydroxylation is 2. The van der Waals surface area contributed by atoms with Crippen molar-refractivity contribution in [3.63, 3.8) is 0 Å². The first-order valence-electron chi connectivity index (χ1n) is 18.3. The van der Waals surface area contributed by atoms with Gasteiger partial charge in [0.25, 0.3) is 31.9 Å². The standard InChI is InChI=1S/2C20H18N6O4S.Cu/c2*1-13-12-18(24-30-13)25-31(28,29)17-10-8-15(9-11-17)21-22-19-14(2)23-26(20(19)27)16-6-4-3-5-7-16;/h2*3-12H,1-2H3,(H2,21,23,24,25,27);/q;;+2/p-2. The summed E-state index contributed by atoms with van der Waals surface area (Å²) in [6.07, 6.45) is 0. The number of benzene rings is 4. The first-order chi connectivity index (χ1) is 29.7. The minimum atomic E-state index is -3.83. The number of nitrogens with one attached hydrogen (secondary N) is 2. The second-order valence-electron chi connectivity index (χ2n) is 13.2. The van der Waals surface area contributed by atoms with Gasteiger partial charge in [0.2, 0.25) is 0 Å². The Morgan fingerprint density at radius 3 is 1.21 bits per heavy atom. The molecular weight excluding hydrogens is 904 g/mol. The maximum Gasteiger partial charge on any atom is 2.00 e. The Morgan fingerprint density at radius 2 is 0.889 bits per heavy atom. The number of hydrazone groups is 2. The van der Waals surface area contributed by atoms with Crippen molar-refractivity contribution in [2.75, 3.05) is 19.5 Å². The molecule has 6 aromatic rings. The molecule has 2 aliphatic rings. The maximum absolute atomic E-state index is 12.6. The number of para-hydroxylation sites is 2. The Bertz CT molecular complexity index is 2770. The minimum Gasteiger partial charge on any atom is -0.575 e. The zero-order valence-electron chi connectivity index (χ0n) is 33.4. The van der Waals surface area contributed by atoms with Gasteiger partial charge in [-0.1, -0.05) is 71.0 Å². The van der Waals surface area contributed by atoms with Crippen LogP contribution in [0.4, 0.5) is 34.4 Å². The Labute approximate surface area is 371 Å². The molecule has 4 heterocycles. The minimum absolute atomic E-state index is 0. The molecule has 1 radical (unpaired) electrons. The van der Waals surface area contributed by atoms with Crippen LogP contribution in [0.15, 0.2) is 161 Å². The summed E-state index contributed by atoms with van der Waals surface area (Å²) in [7, 11) is -7.67. The number of anilines is 4. The average Bonchev–Trinajstić information content (AvgIpc) is 4.01. The molecule has 0 spiro atoms. The normalized spacial score (nSPS) is 15.0. The van der Waals surface area contributed by atoms with Gasteiger partial charge in [0.05, 0.1) is 32.6 Å². The van der Waals surface area contributed by atoms with E-state index in [9.17, 15) is 26.4 Å². The molecule has 63 heavy (non-hydrogen) atoms. The van der Waals surface area contributed by atoms with E-state index in [0.717, 1.165) is 0 Å². The van der Waals surface area contributed by atoms with Crippen LogP contribution < -0.4 is 19.5 Å². The summed E-state index contributed by atoms with van der Waals surface area (Å²) in [5.41, 5.74) is 11.2. The Morgan fingerprint density at radius 1 is 0.540 bits per heavy atom. The molecule has 2 N–H and O–H groups in total. The van der Waals surface area contributed by atoms with Crippen molar-refractivity contribution in [2.24, 2.45) is 20.4 Å². The van der Waals surface area contributed by atoms with Crippen molar-refractivity contribution in [1.29, 1.82) is 0 Å². The number of nitrogens with zero attached hydrogens (tertiary/aromatic N) is 10. The van der Waals surface area contributed by atoms with Crippen molar-refractivity contribution in [2.45, 2.75) is 37.5 Å². The van der Waals surface area contributed by atoms with Crippen molar-refractivity contribution in [3.8, 4) is 0 Å².